The third-order valence-electron chi connectivity index (χ3n) is 6.09. The molecular formula is C35H45N7O12. The summed E-state index contributed by atoms with van der Waals surface area (Å²) in [5.41, 5.74) is 27.6. The van der Waals surface area contributed by atoms with Gasteiger partial charge in [0.2, 0.25) is 6.41 Å². The van der Waals surface area contributed by atoms with E-state index in [-0.39, 0.29) is 121 Å². The first-order valence-electron chi connectivity index (χ1n) is 15.9. The second kappa shape index (κ2) is 27.0. The summed E-state index contributed by atoms with van der Waals surface area (Å²) < 4.78 is 4.43. The summed E-state index contributed by atoms with van der Waals surface area (Å²) in [7, 11) is 0. The van der Waals surface area contributed by atoms with E-state index in [2.05, 4.69) is 20.3 Å². The minimum atomic E-state index is -0.442. The van der Waals surface area contributed by atoms with Crippen LogP contribution in [0.4, 0.5) is 0 Å². The molecule has 1 heterocycles. The van der Waals surface area contributed by atoms with Gasteiger partial charge < -0.3 is 43.0 Å². The number of nitrogens with zero attached hydrogens (tertiary/aromatic N) is 2. The zero-order chi connectivity index (χ0) is 42.0. The maximum Gasteiger partial charge on any atom is 0.387 e. The zero-order valence-corrected chi connectivity index (χ0v) is 30.3. The SMILES string of the molecule is CC(C)=O.NC1=C(N)C(=O)CC(=O)C1.NC1=CC(=O)CC(=O)C1.NC1=CC(=O)CC(=O)C1.NC=O.O=C1CC(=O)C2=C(C1)N=CC2.[C-]#[N+]CC(=O)OCC. The lowest BCUT2D eigenvalue weighted by atomic mass is 9.94. The van der Waals surface area contributed by atoms with Gasteiger partial charge in [0, 0.05) is 73.1 Å². The van der Waals surface area contributed by atoms with E-state index in [0.29, 0.717) is 36.5 Å². The van der Waals surface area contributed by atoms with Gasteiger partial charge in [-0.25, -0.2) is 11.4 Å². The number of Topliss-reactive ketones (excluding diaryl/α,β-unsaturated/α-hetero) is 7. The summed E-state index contributed by atoms with van der Waals surface area (Å²) in [5, 5.41) is 0. The Morgan fingerprint density at radius 3 is 1.57 bits per heavy atom. The second-order valence-corrected chi connectivity index (χ2v) is 11.3. The van der Waals surface area contributed by atoms with Crippen molar-refractivity contribution in [3.05, 3.63) is 57.6 Å². The highest BCUT2D eigenvalue weighted by atomic mass is 16.5. The maximum atomic E-state index is 11.1. The normalized spacial score (nSPS) is 16.8. The van der Waals surface area contributed by atoms with E-state index in [9.17, 15) is 47.9 Å². The standard InChI is InChI=1S/C8H7NO2.C6H8N2O2.2C6H7NO2.C5H7NO2.C3H6O.CH3NO/c10-5-3-7-6(1-2-9-7)8(11)4-5;7-4-1-3(9)2-5(10)6(4)8;2*7-4-1-5(8)3-6(9)2-4;1-3-8-5(7)4-6-2;1-3(2)4;2-1-3/h2H,1,3-4H2;1-2,7-8H2;2*1H,2-3,7H2;3-4H2,1H3;1-2H3;1H,(H2,2,3). The summed E-state index contributed by atoms with van der Waals surface area (Å²) in [6.45, 7) is 11.2. The lowest BCUT2D eigenvalue weighted by Crippen LogP contribution is -2.27. The van der Waals surface area contributed by atoms with Gasteiger partial charge in [0.05, 0.1) is 43.7 Å². The summed E-state index contributed by atoms with van der Waals surface area (Å²) in [5.74, 6) is -1.35. The second-order valence-electron chi connectivity index (χ2n) is 11.3. The van der Waals surface area contributed by atoms with Gasteiger partial charge in [-0.2, -0.15) is 0 Å². The van der Waals surface area contributed by atoms with Gasteiger partial charge in [-0.15, -0.1) is 0 Å². The molecule has 0 radical (unpaired) electrons. The number of nitrogens with two attached hydrogens (primary N) is 5. The van der Waals surface area contributed by atoms with E-state index in [1.165, 1.54) is 26.0 Å². The summed E-state index contributed by atoms with van der Waals surface area (Å²) in [6.07, 6.45) is 6.23. The average Bonchev–Trinajstić information content (AvgIpc) is 3.49. The van der Waals surface area contributed by atoms with Crippen LogP contribution in [0.15, 0.2) is 51.2 Å². The minimum Gasteiger partial charge on any atom is -0.460 e. The molecule has 54 heavy (non-hydrogen) atoms. The maximum absolute atomic E-state index is 11.1. The van der Waals surface area contributed by atoms with Crippen LogP contribution >= 0.6 is 0 Å². The molecule has 0 saturated carbocycles. The Bertz CT molecular complexity index is 1660. The molecule has 19 heteroatoms. The monoisotopic (exact) mass is 755 g/mol. The van der Waals surface area contributed by atoms with Crippen molar-refractivity contribution in [1.82, 2.24) is 0 Å². The van der Waals surface area contributed by atoms with Crippen LogP contribution in [0.25, 0.3) is 4.85 Å². The summed E-state index contributed by atoms with van der Waals surface area (Å²) in [6, 6.07) is 0. The van der Waals surface area contributed by atoms with Crippen molar-refractivity contribution in [1.29, 1.82) is 0 Å². The fraction of sp³-hybridized carbons (Fsp3) is 0.400. The lowest BCUT2D eigenvalue weighted by molar-refractivity contribution is -0.140. The Labute approximate surface area is 310 Å². The van der Waals surface area contributed by atoms with Crippen LogP contribution in [0.2, 0.25) is 0 Å². The number of esters is 1. The average molecular weight is 756 g/mol. The van der Waals surface area contributed by atoms with Gasteiger partial charge in [0.25, 0.3) is 0 Å². The van der Waals surface area contributed by atoms with Crippen LogP contribution < -0.4 is 28.7 Å². The fourth-order valence-corrected chi connectivity index (χ4v) is 4.09. The third-order valence-corrected chi connectivity index (χ3v) is 6.09. The van der Waals surface area contributed by atoms with Gasteiger partial charge in [0.1, 0.15) is 28.9 Å². The number of hydrogen-bond acceptors (Lipinski definition) is 17. The van der Waals surface area contributed by atoms with Crippen LogP contribution in [0, 0.1) is 6.57 Å². The first-order valence-corrected chi connectivity index (χ1v) is 15.9. The van der Waals surface area contributed by atoms with E-state index in [4.69, 9.17) is 34.3 Å². The van der Waals surface area contributed by atoms with Crippen LogP contribution in [0.1, 0.15) is 78.6 Å². The lowest BCUT2D eigenvalue weighted by Gasteiger charge is -2.10. The van der Waals surface area contributed by atoms with Crippen molar-refractivity contribution in [2.24, 2.45) is 33.7 Å². The molecule has 0 bridgehead atoms. The zero-order valence-electron chi connectivity index (χ0n) is 30.3. The predicted molar refractivity (Wildman–Crippen MR) is 192 cm³/mol. The van der Waals surface area contributed by atoms with Gasteiger partial charge in [-0.05, 0) is 20.8 Å². The van der Waals surface area contributed by atoms with Crippen LogP contribution in [0.5, 0.6) is 0 Å². The van der Waals surface area contributed by atoms with Crippen LogP contribution in [-0.2, 0) is 57.5 Å². The first-order chi connectivity index (χ1) is 25.2. The molecule has 292 valence electrons. The molecule has 0 fully saturated rings. The molecule has 0 aromatic rings. The minimum absolute atomic E-state index is 0.00667. The highest BCUT2D eigenvalue weighted by Crippen LogP contribution is 2.26. The molecule has 5 aliphatic rings. The number of ether oxygens (including phenoxy) is 1. The van der Waals surface area contributed by atoms with Gasteiger partial charge in [0.15, 0.2) is 23.1 Å². The number of ketones is 9. The highest BCUT2D eigenvalue weighted by Gasteiger charge is 2.27. The van der Waals surface area contributed by atoms with E-state index in [1.54, 1.807) is 13.1 Å². The van der Waals surface area contributed by atoms with Gasteiger partial charge in [-0.3, -0.25) is 48.1 Å². The Kier molecular flexibility index (Phi) is 24.7. The quantitative estimate of drug-likeness (QED) is 0.101. The smallest absolute Gasteiger partial charge is 0.387 e. The Morgan fingerprint density at radius 2 is 1.19 bits per heavy atom. The van der Waals surface area contributed by atoms with E-state index < -0.39 is 5.97 Å². The molecule has 0 aromatic heterocycles. The molecule has 0 unspecified atom stereocenters. The number of hydrogen-bond donors (Lipinski definition) is 5. The first kappa shape index (κ1) is 49.4. The van der Waals surface area contributed by atoms with Gasteiger partial charge >= 0.3 is 12.5 Å². The van der Waals surface area contributed by atoms with E-state index in [0.717, 1.165) is 5.57 Å². The Balaban J connectivity index is 0. The molecule has 5 rings (SSSR count). The van der Waals surface area contributed by atoms with Gasteiger partial charge in [-0.1, -0.05) is 0 Å². The molecular weight excluding hydrogens is 710 g/mol. The summed E-state index contributed by atoms with van der Waals surface area (Å²) >= 11 is 0. The molecule has 0 saturated heterocycles. The van der Waals surface area contributed by atoms with Crippen molar-refractivity contribution in [2.75, 3.05) is 13.2 Å². The third kappa shape index (κ3) is 23.7. The number of carbonyl (C=O) groups is 11. The molecule has 0 aromatic carbocycles. The van der Waals surface area contributed by atoms with Crippen molar-refractivity contribution in [2.45, 2.75) is 78.6 Å². The molecule has 0 spiro atoms. The van der Waals surface area contributed by atoms with Crippen LogP contribution in [0.3, 0.4) is 0 Å². The number of aliphatic imine (C=N–C) groups is 1. The molecule has 19 nitrogen and oxygen atoms in total. The highest BCUT2D eigenvalue weighted by molar-refractivity contribution is 6.14. The number of rotatable bonds is 2. The molecule has 1 aliphatic heterocycles. The molecule has 0 atom stereocenters. The van der Waals surface area contributed by atoms with Crippen molar-refractivity contribution >= 4 is 70.6 Å². The summed E-state index contributed by atoms with van der Waals surface area (Å²) in [4.78, 5) is 121. The number of primary amides is 1. The van der Waals surface area contributed by atoms with E-state index >= 15 is 0 Å². The number of allylic oxidation sites excluding steroid dienone is 8. The fourth-order valence-electron chi connectivity index (χ4n) is 4.09. The topological polar surface area (TPSA) is 344 Å². The largest absolute Gasteiger partial charge is 0.460 e. The molecule has 10 N–H and O–H groups in total. The van der Waals surface area contributed by atoms with Crippen LogP contribution in [-0.4, -0.2) is 83.8 Å². The number of amides is 1. The van der Waals surface area contributed by atoms with Crippen molar-refractivity contribution < 1.29 is 57.5 Å². The Hall–Kier alpha value is -6.71. The van der Waals surface area contributed by atoms with Crippen molar-refractivity contribution in [3.63, 3.8) is 0 Å². The van der Waals surface area contributed by atoms with Crippen molar-refractivity contribution in [3.8, 4) is 0 Å². The number of carbonyl (C=O) groups excluding carboxylic acids is 11. The predicted octanol–water partition coefficient (Wildman–Crippen LogP) is -0.618. The molecule has 1 amide bonds. The van der Waals surface area contributed by atoms with E-state index in [1.807, 2.05) is 0 Å². The molecule has 4 aliphatic carbocycles. The Morgan fingerprint density at radius 1 is 0.759 bits per heavy atom.